The van der Waals surface area contributed by atoms with Crippen LogP contribution in [-0.4, -0.2) is 41.0 Å². The fraction of sp³-hybridized carbons (Fsp3) is 0.217. The van der Waals surface area contributed by atoms with E-state index in [1.807, 2.05) is 6.07 Å². The molecule has 9 heteroatoms. The van der Waals surface area contributed by atoms with Gasteiger partial charge in [-0.15, -0.1) is 0 Å². The highest BCUT2D eigenvalue weighted by atomic mass is 19.1. The fourth-order valence-corrected chi connectivity index (χ4v) is 4.12. The maximum absolute atomic E-state index is 13.4. The Hall–Kier alpha value is -4.01. The minimum atomic E-state index is -0.393. The molecule has 3 aromatic rings. The van der Waals surface area contributed by atoms with Gasteiger partial charge in [0.05, 0.1) is 11.7 Å². The highest BCUT2D eigenvalue weighted by Crippen LogP contribution is 2.39. The van der Waals surface area contributed by atoms with Crippen molar-refractivity contribution < 1.29 is 14.0 Å². The molecule has 2 aromatic heterocycles. The third kappa shape index (κ3) is 3.84. The first kappa shape index (κ1) is 19.9. The number of rotatable bonds is 4. The molecule has 2 aliphatic heterocycles. The van der Waals surface area contributed by atoms with Crippen LogP contribution in [0.25, 0.3) is 0 Å². The first-order chi connectivity index (χ1) is 15.6. The molecule has 1 saturated heterocycles. The number of aromatic nitrogens is 2. The number of carbonyl (C=O) groups excluding carboxylic acids is 2. The number of nitrogens with one attached hydrogen (secondary N) is 2. The highest BCUT2D eigenvalue weighted by molar-refractivity contribution is 6.05. The van der Waals surface area contributed by atoms with Gasteiger partial charge in [0.2, 0.25) is 0 Å². The lowest BCUT2D eigenvalue weighted by atomic mass is 10.1. The van der Waals surface area contributed by atoms with E-state index in [-0.39, 0.29) is 30.1 Å². The number of amides is 3. The molecule has 32 heavy (non-hydrogen) atoms. The zero-order valence-corrected chi connectivity index (χ0v) is 17.2. The predicted molar refractivity (Wildman–Crippen MR) is 118 cm³/mol. The number of hydrogen-bond donors (Lipinski definition) is 2. The summed E-state index contributed by atoms with van der Waals surface area (Å²) in [5, 5.41) is 5.58. The summed E-state index contributed by atoms with van der Waals surface area (Å²) in [4.78, 5) is 38.3. The summed E-state index contributed by atoms with van der Waals surface area (Å²) in [5.41, 5.74) is 1.66. The van der Waals surface area contributed by atoms with Crippen LogP contribution in [0.3, 0.4) is 0 Å². The molecule has 0 radical (unpaired) electrons. The van der Waals surface area contributed by atoms with Gasteiger partial charge in [-0.1, -0.05) is 18.2 Å². The average molecular weight is 432 g/mol. The quantitative estimate of drug-likeness (QED) is 0.661. The van der Waals surface area contributed by atoms with Gasteiger partial charge in [0, 0.05) is 25.8 Å². The van der Waals surface area contributed by atoms with Crippen molar-refractivity contribution in [3.8, 4) is 0 Å². The van der Waals surface area contributed by atoms with Gasteiger partial charge >= 0.3 is 6.03 Å². The first-order valence-corrected chi connectivity index (χ1v) is 10.4. The normalized spacial score (nSPS) is 16.5. The van der Waals surface area contributed by atoms with Gasteiger partial charge in [-0.25, -0.2) is 19.2 Å². The second-order valence-corrected chi connectivity index (χ2v) is 7.76. The van der Waals surface area contributed by atoms with Gasteiger partial charge in [-0.2, -0.15) is 0 Å². The lowest BCUT2D eigenvalue weighted by molar-refractivity contribution is 0.0946. The second-order valence-electron chi connectivity index (χ2n) is 7.76. The Morgan fingerprint density at radius 1 is 1.12 bits per heavy atom. The van der Waals surface area contributed by atoms with Crippen LogP contribution in [0.15, 0.2) is 60.8 Å². The van der Waals surface area contributed by atoms with Crippen molar-refractivity contribution in [2.24, 2.45) is 0 Å². The third-order valence-corrected chi connectivity index (χ3v) is 5.65. The predicted octanol–water partition coefficient (Wildman–Crippen LogP) is 3.18. The summed E-state index contributed by atoms with van der Waals surface area (Å²) in [6, 6.07) is 14.4. The van der Waals surface area contributed by atoms with Crippen molar-refractivity contribution in [3.63, 3.8) is 0 Å². The van der Waals surface area contributed by atoms with Crippen LogP contribution in [0.5, 0.6) is 0 Å². The number of pyridine rings is 2. The zero-order valence-electron chi connectivity index (χ0n) is 17.2. The molecule has 1 atom stereocenters. The van der Waals surface area contributed by atoms with E-state index in [0.29, 0.717) is 17.2 Å². The molecule has 1 aromatic carbocycles. The van der Waals surface area contributed by atoms with Gasteiger partial charge in [-0.05, 0) is 48.4 Å². The van der Waals surface area contributed by atoms with Crippen LogP contribution in [0.1, 0.15) is 22.5 Å². The highest BCUT2D eigenvalue weighted by Gasteiger charge is 2.40. The Kier molecular flexibility index (Phi) is 5.14. The van der Waals surface area contributed by atoms with E-state index < -0.39 is 5.91 Å². The van der Waals surface area contributed by atoms with Gasteiger partial charge in [0.1, 0.15) is 17.3 Å². The number of halogens is 1. The Labute approximate surface area is 184 Å². The van der Waals surface area contributed by atoms with Gasteiger partial charge in [-0.3, -0.25) is 15.0 Å². The molecule has 0 aliphatic carbocycles. The monoisotopic (exact) mass is 432 g/mol. The van der Waals surface area contributed by atoms with Crippen LogP contribution in [0, 0.1) is 5.82 Å². The van der Waals surface area contributed by atoms with E-state index in [9.17, 15) is 14.0 Å². The van der Waals surface area contributed by atoms with E-state index in [4.69, 9.17) is 0 Å². The van der Waals surface area contributed by atoms with Crippen LogP contribution in [-0.2, 0) is 6.54 Å². The molecule has 4 heterocycles. The molecule has 1 fully saturated rings. The number of nitrogens with zero attached hydrogens (tertiary/aromatic N) is 4. The number of carbonyl (C=O) groups is 2. The Morgan fingerprint density at radius 2 is 2.03 bits per heavy atom. The minimum absolute atomic E-state index is 0.0377. The number of anilines is 3. The second kappa shape index (κ2) is 8.26. The van der Waals surface area contributed by atoms with E-state index in [2.05, 4.69) is 25.5 Å². The lowest BCUT2D eigenvalue weighted by Gasteiger charge is -2.35. The largest absolute Gasteiger partial charge is 0.366 e. The van der Waals surface area contributed by atoms with Crippen molar-refractivity contribution in [3.05, 3.63) is 77.9 Å². The van der Waals surface area contributed by atoms with Crippen LogP contribution >= 0.6 is 0 Å². The van der Waals surface area contributed by atoms with Crippen LogP contribution < -0.4 is 20.4 Å². The maximum atomic E-state index is 13.4. The molecule has 0 spiro atoms. The molecule has 5 rings (SSSR count). The number of fused-ring (bicyclic) bond motifs is 4. The molecule has 3 amide bonds. The van der Waals surface area contributed by atoms with E-state index in [0.717, 1.165) is 25.2 Å². The maximum Gasteiger partial charge on any atom is 0.329 e. The molecule has 2 N–H and O–H groups in total. The minimum Gasteiger partial charge on any atom is -0.366 e. The zero-order chi connectivity index (χ0) is 22.1. The van der Waals surface area contributed by atoms with Crippen molar-refractivity contribution in [1.29, 1.82) is 0 Å². The molecule has 2 bridgehead atoms. The van der Waals surface area contributed by atoms with E-state index >= 15 is 0 Å². The summed E-state index contributed by atoms with van der Waals surface area (Å²) < 4.78 is 13.4. The molecule has 1 unspecified atom stereocenters. The molecular formula is C23H21FN6O2. The van der Waals surface area contributed by atoms with Crippen molar-refractivity contribution in [2.45, 2.75) is 19.0 Å². The van der Waals surface area contributed by atoms with Crippen molar-refractivity contribution in [2.75, 3.05) is 28.2 Å². The van der Waals surface area contributed by atoms with Crippen LogP contribution in [0.2, 0.25) is 0 Å². The van der Waals surface area contributed by atoms with Crippen LogP contribution in [0.4, 0.5) is 26.5 Å². The third-order valence-electron chi connectivity index (χ3n) is 5.65. The lowest BCUT2D eigenvalue weighted by Crippen LogP contribution is -2.48. The van der Waals surface area contributed by atoms with Crippen molar-refractivity contribution in [1.82, 2.24) is 15.3 Å². The summed E-state index contributed by atoms with van der Waals surface area (Å²) in [6.07, 6.45) is 2.42. The average Bonchev–Trinajstić information content (AvgIpc) is 3.22. The standard InChI is InChI=1S/C23H21FN6O2/c24-16-5-3-4-15(12-16)13-26-22(31)18-7-8-19-21(27-18)30(17-9-11-29(19)14-17)23(32)28-20-6-1-2-10-25-20/h1-8,10,12,17H,9,11,13-14H2,(H,26,31)(H,25,28,32). The smallest absolute Gasteiger partial charge is 0.329 e. The van der Waals surface area contributed by atoms with E-state index in [1.165, 1.54) is 12.1 Å². The number of urea groups is 1. The summed E-state index contributed by atoms with van der Waals surface area (Å²) >= 11 is 0. The molecule has 8 nitrogen and oxygen atoms in total. The van der Waals surface area contributed by atoms with Crippen molar-refractivity contribution >= 4 is 29.3 Å². The summed E-state index contributed by atoms with van der Waals surface area (Å²) in [6.45, 7) is 1.71. The SMILES string of the molecule is O=C(NCc1cccc(F)c1)c1ccc2c(n1)N(C(=O)Nc1ccccn1)C1CCN2C1. The Morgan fingerprint density at radius 3 is 2.84 bits per heavy atom. The fourth-order valence-electron chi connectivity index (χ4n) is 4.12. The van der Waals surface area contributed by atoms with Gasteiger partial charge < -0.3 is 10.2 Å². The Balaban J connectivity index is 1.39. The molecule has 2 aliphatic rings. The van der Waals surface area contributed by atoms with Gasteiger partial charge in [0.25, 0.3) is 5.91 Å². The topological polar surface area (TPSA) is 90.5 Å². The molecule has 162 valence electrons. The summed E-state index contributed by atoms with van der Waals surface area (Å²) in [7, 11) is 0. The number of hydrogen-bond acceptors (Lipinski definition) is 5. The Bertz CT molecular complexity index is 1170. The number of benzene rings is 1. The molecular weight excluding hydrogens is 411 g/mol. The molecule has 0 saturated carbocycles. The first-order valence-electron chi connectivity index (χ1n) is 10.4. The summed E-state index contributed by atoms with van der Waals surface area (Å²) in [5.74, 6) is 0.145. The van der Waals surface area contributed by atoms with Gasteiger partial charge in [0.15, 0.2) is 5.82 Å². The van der Waals surface area contributed by atoms with E-state index in [1.54, 1.807) is 47.5 Å².